The minimum absolute atomic E-state index is 0.0204. The molecular formula is C40H50N10O5S. The normalized spacial score (nSPS) is 11.0. The van der Waals surface area contributed by atoms with Crippen LogP contribution in [0.3, 0.4) is 0 Å². The molecule has 16 heteroatoms. The van der Waals surface area contributed by atoms with Crippen molar-refractivity contribution >= 4 is 64.1 Å². The maximum Gasteiger partial charge on any atom is 0.312 e. The van der Waals surface area contributed by atoms with Gasteiger partial charge in [-0.2, -0.15) is 12.6 Å². The Labute approximate surface area is 331 Å². The van der Waals surface area contributed by atoms with Gasteiger partial charge >= 0.3 is 6.03 Å². The number of rotatable bonds is 22. The van der Waals surface area contributed by atoms with Crippen LogP contribution in [0, 0.1) is 0 Å². The van der Waals surface area contributed by atoms with Crippen molar-refractivity contribution in [2.75, 3.05) is 64.7 Å². The molecule has 2 aromatic carbocycles. The highest BCUT2D eigenvalue weighted by atomic mass is 32.1. The number of nitrogens with two attached hydrogens (primary N) is 1. The van der Waals surface area contributed by atoms with Crippen LogP contribution in [0.15, 0.2) is 85.5 Å². The van der Waals surface area contributed by atoms with Crippen LogP contribution in [0.2, 0.25) is 0 Å². The smallest absolute Gasteiger partial charge is 0.312 e. The molecule has 0 atom stereocenters. The van der Waals surface area contributed by atoms with Gasteiger partial charge in [-0.3, -0.25) is 24.2 Å². The number of primary amides is 1. The molecule has 0 radical (unpaired) electrons. The molecule has 0 aliphatic heterocycles. The van der Waals surface area contributed by atoms with Crippen molar-refractivity contribution in [3.05, 3.63) is 102 Å². The molecule has 5 rings (SSSR count). The van der Waals surface area contributed by atoms with Crippen molar-refractivity contribution in [3.8, 4) is 0 Å². The molecule has 3 aromatic heterocycles. The standard InChI is InChI=1S/C40H50N10O5S/c41-40(55)45-15-6-18-48(37(52)24-43-16-12-30-22-46-34-10-3-1-8-32(30)34)27-38(53)49(19-13-31-23-47-35-11-4-2-9-33(31)35)28-39(54)50(26-36(51)44-17-20-56)25-29-7-5-14-42-21-29/h1-5,7-11,14,21-23,43,46-47,56H,6,12-13,15-20,24-28H2,(H,44,51)(H3,41,45,55). The molecule has 0 fully saturated rings. The summed E-state index contributed by atoms with van der Waals surface area (Å²) in [5.74, 6) is -1.10. The van der Waals surface area contributed by atoms with Gasteiger partial charge < -0.3 is 46.4 Å². The van der Waals surface area contributed by atoms with E-state index in [0.717, 1.165) is 38.5 Å². The second-order valence-corrected chi connectivity index (χ2v) is 13.8. The topological polar surface area (TPSA) is 202 Å². The van der Waals surface area contributed by atoms with Gasteiger partial charge in [0.2, 0.25) is 23.6 Å². The van der Waals surface area contributed by atoms with E-state index in [4.69, 9.17) is 5.73 Å². The number of carbonyl (C=O) groups excluding carboxylic acids is 5. The highest BCUT2D eigenvalue weighted by Crippen LogP contribution is 2.19. The Morgan fingerprint density at radius 3 is 1.98 bits per heavy atom. The molecule has 0 aliphatic carbocycles. The Balaban J connectivity index is 1.31. The molecule has 0 bridgehead atoms. The monoisotopic (exact) mass is 782 g/mol. The lowest BCUT2D eigenvalue weighted by Gasteiger charge is -2.30. The van der Waals surface area contributed by atoms with Gasteiger partial charge in [0, 0.05) is 85.1 Å². The predicted molar refractivity (Wildman–Crippen MR) is 219 cm³/mol. The first-order chi connectivity index (χ1) is 27.2. The van der Waals surface area contributed by atoms with Crippen LogP contribution in [-0.4, -0.2) is 124 Å². The summed E-state index contributed by atoms with van der Waals surface area (Å²) in [6, 6.07) is 18.7. The number of thiol groups is 1. The Morgan fingerprint density at radius 2 is 1.34 bits per heavy atom. The van der Waals surface area contributed by atoms with Crippen LogP contribution in [0.25, 0.3) is 21.8 Å². The number of pyridine rings is 1. The average molecular weight is 783 g/mol. The molecule has 3 heterocycles. The van der Waals surface area contributed by atoms with Crippen molar-refractivity contribution in [3.63, 3.8) is 0 Å². The lowest BCUT2D eigenvalue weighted by Crippen LogP contribution is -2.50. The third-order valence-electron chi connectivity index (χ3n) is 9.33. The zero-order valence-corrected chi connectivity index (χ0v) is 32.2. The fourth-order valence-electron chi connectivity index (χ4n) is 6.42. The van der Waals surface area contributed by atoms with Gasteiger partial charge in [0.1, 0.15) is 0 Å². The summed E-state index contributed by atoms with van der Waals surface area (Å²) in [6.07, 6.45) is 8.56. The Hall–Kier alpha value is -5.87. The van der Waals surface area contributed by atoms with Crippen LogP contribution in [0.5, 0.6) is 0 Å². The molecular weight excluding hydrogens is 733 g/mol. The number of amides is 6. The molecule has 0 unspecified atom stereocenters. The van der Waals surface area contributed by atoms with Gasteiger partial charge in [-0.15, -0.1) is 0 Å². The Kier molecular flexibility index (Phi) is 15.7. The number of aromatic amines is 2. The van der Waals surface area contributed by atoms with E-state index in [9.17, 15) is 24.0 Å². The van der Waals surface area contributed by atoms with Crippen molar-refractivity contribution in [1.82, 2.24) is 45.6 Å². The lowest BCUT2D eigenvalue weighted by atomic mass is 10.1. The van der Waals surface area contributed by atoms with E-state index >= 15 is 0 Å². The summed E-state index contributed by atoms with van der Waals surface area (Å²) in [7, 11) is 0. The number of hydrogen-bond donors (Lipinski definition) is 7. The molecule has 56 heavy (non-hydrogen) atoms. The average Bonchev–Trinajstić information content (AvgIpc) is 3.82. The minimum Gasteiger partial charge on any atom is -0.361 e. The first-order valence-electron chi connectivity index (χ1n) is 18.7. The minimum atomic E-state index is -0.685. The molecule has 0 aliphatic rings. The lowest BCUT2D eigenvalue weighted by molar-refractivity contribution is -0.145. The molecule has 15 nitrogen and oxygen atoms in total. The van der Waals surface area contributed by atoms with Crippen LogP contribution >= 0.6 is 12.6 Å². The SMILES string of the molecule is NC(=O)NCCCN(CC(=O)N(CCc1c[nH]c2ccccc12)CC(=O)N(CC(=O)NCCS)Cc1cccnc1)C(=O)CNCCc1c[nH]c2ccccc12. The van der Waals surface area contributed by atoms with E-state index in [1.807, 2.05) is 67.0 Å². The molecule has 0 spiro atoms. The third kappa shape index (κ3) is 12.3. The van der Waals surface area contributed by atoms with Crippen LogP contribution in [0.4, 0.5) is 4.79 Å². The second kappa shape index (κ2) is 21.3. The van der Waals surface area contributed by atoms with Gasteiger partial charge in [0.25, 0.3) is 0 Å². The third-order valence-corrected chi connectivity index (χ3v) is 9.55. The summed E-state index contributed by atoms with van der Waals surface area (Å²) in [4.78, 5) is 81.1. The number of hydrogen-bond acceptors (Lipinski definition) is 8. The van der Waals surface area contributed by atoms with Crippen molar-refractivity contribution in [2.24, 2.45) is 5.73 Å². The van der Waals surface area contributed by atoms with E-state index in [-0.39, 0.29) is 64.2 Å². The number of H-pyrrole nitrogens is 2. The highest BCUT2D eigenvalue weighted by molar-refractivity contribution is 7.80. The van der Waals surface area contributed by atoms with Crippen LogP contribution in [0.1, 0.15) is 23.1 Å². The number of benzene rings is 2. The van der Waals surface area contributed by atoms with Gasteiger partial charge in [-0.05, 0) is 60.7 Å². The molecule has 0 saturated carbocycles. The first-order valence-corrected chi connectivity index (χ1v) is 19.3. The quantitative estimate of drug-likeness (QED) is 0.0412. The van der Waals surface area contributed by atoms with Crippen molar-refractivity contribution in [2.45, 2.75) is 25.8 Å². The van der Waals surface area contributed by atoms with E-state index in [1.165, 1.54) is 14.7 Å². The summed E-state index contributed by atoms with van der Waals surface area (Å²) >= 11 is 4.16. The fraction of sp³-hybridized carbons (Fsp3) is 0.350. The van der Waals surface area contributed by atoms with Gasteiger partial charge in [0.05, 0.1) is 26.2 Å². The summed E-state index contributed by atoms with van der Waals surface area (Å²) in [5.41, 5.74) is 10.1. The van der Waals surface area contributed by atoms with Crippen LogP contribution < -0.4 is 21.7 Å². The highest BCUT2D eigenvalue weighted by Gasteiger charge is 2.26. The van der Waals surface area contributed by atoms with Crippen molar-refractivity contribution < 1.29 is 24.0 Å². The number of fused-ring (bicyclic) bond motifs is 2. The molecule has 6 amide bonds. The van der Waals surface area contributed by atoms with E-state index < -0.39 is 17.8 Å². The second-order valence-electron chi connectivity index (χ2n) is 13.4. The summed E-state index contributed by atoms with van der Waals surface area (Å²) in [5, 5.41) is 10.6. The zero-order chi connectivity index (χ0) is 39.7. The van der Waals surface area contributed by atoms with Gasteiger partial charge in [-0.25, -0.2) is 4.79 Å². The van der Waals surface area contributed by atoms with Crippen molar-refractivity contribution in [1.29, 1.82) is 0 Å². The summed E-state index contributed by atoms with van der Waals surface area (Å²) in [6.45, 7) is 0.643. The number of para-hydroxylation sites is 2. The van der Waals surface area contributed by atoms with Crippen LogP contribution in [-0.2, 0) is 38.6 Å². The van der Waals surface area contributed by atoms with E-state index in [2.05, 4.69) is 43.5 Å². The number of urea groups is 1. The van der Waals surface area contributed by atoms with E-state index in [0.29, 0.717) is 38.1 Å². The van der Waals surface area contributed by atoms with Gasteiger partial charge in [0.15, 0.2) is 0 Å². The largest absolute Gasteiger partial charge is 0.361 e. The Morgan fingerprint density at radius 1 is 0.696 bits per heavy atom. The maximum atomic E-state index is 14.3. The number of nitrogens with one attached hydrogen (secondary N) is 5. The zero-order valence-electron chi connectivity index (χ0n) is 31.3. The Bertz CT molecular complexity index is 2070. The number of aromatic nitrogens is 3. The molecule has 5 aromatic rings. The first kappa shape index (κ1) is 41.3. The van der Waals surface area contributed by atoms with E-state index in [1.54, 1.807) is 18.5 Å². The fourth-order valence-corrected chi connectivity index (χ4v) is 6.54. The molecule has 0 saturated heterocycles. The molecule has 7 N–H and O–H groups in total. The number of nitrogens with zero attached hydrogens (tertiary/aromatic N) is 4. The molecule has 296 valence electrons. The summed E-state index contributed by atoms with van der Waals surface area (Å²) < 4.78 is 0. The maximum absolute atomic E-state index is 14.3. The predicted octanol–water partition coefficient (Wildman–Crippen LogP) is 2.21. The van der Waals surface area contributed by atoms with Gasteiger partial charge in [-0.1, -0.05) is 42.5 Å². The number of carbonyl (C=O) groups is 5.